The lowest BCUT2D eigenvalue weighted by molar-refractivity contribution is 0.428. The van der Waals surface area contributed by atoms with Gasteiger partial charge in [-0.3, -0.25) is 4.98 Å². The molecule has 0 atom stereocenters. The minimum atomic E-state index is 0.914. The molecule has 0 aliphatic carbocycles. The predicted octanol–water partition coefficient (Wildman–Crippen LogP) is 2.91. The Bertz CT molecular complexity index is 448. The first-order chi connectivity index (χ1) is 7.47. The minimum Gasteiger partial charge on any atom is -0.364 e. The Labute approximate surface area is 87.4 Å². The summed E-state index contributed by atoms with van der Waals surface area (Å²) < 4.78 is 4.71. The average molecular weight is 198 g/mol. The Morgan fingerprint density at radius 3 is 2.27 bits per heavy atom. The van der Waals surface area contributed by atoms with Gasteiger partial charge in [0.05, 0.1) is 0 Å². The number of hydrogen-bond acceptors (Lipinski definition) is 3. The fraction of sp³-hybridized carbons (Fsp3) is 0. The van der Waals surface area contributed by atoms with E-state index in [9.17, 15) is 0 Å². The molecule has 0 aliphatic rings. The molecule has 2 aromatic heterocycles. The quantitative estimate of drug-likeness (QED) is 0.557. The lowest BCUT2D eigenvalue weighted by atomic mass is 10.3. The van der Waals surface area contributed by atoms with Gasteiger partial charge >= 0.3 is 0 Å². The van der Waals surface area contributed by atoms with Crippen molar-refractivity contribution in [2.24, 2.45) is 0 Å². The smallest absolute Gasteiger partial charge is 0.131 e. The highest BCUT2D eigenvalue weighted by Gasteiger charge is 1.91. The molecule has 3 heteroatoms. The van der Waals surface area contributed by atoms with E-state index in [1.165, 1.54) is 0 Å². The summed E-state index contributed by atoms with van der Waals surface area (Å²) in [5, 5.41) is 4.80. The molecule has 0 N–H and O–H groups in total. The Balaban J connectivity index is 0.000000124. The van der Waals surface area contributed by atoms with Crippen molar-refractivity contribution in [2.75, 3.05) is 0 Å². The van der Waals surface area contributed by atoms with Crippen LogP contribution in [0, 0.1) is 0 Å². The molecular weight excluding hydrogens is 188 g/mol. The Hall–Kier alpha value is -2.16. The van der Waals surface area contributed by atoms with E-state index in [0.29, 0.717) is 0 Å². The van der Waals surface area contributed by atoms with Gasteiger partial charge in [0.2, 0.25) is 0 Å². The summed E-state index contributed by atoms with van der Waals surface area (Å²) in [5.41, 5.74) is 0.914. The van der Waals surface area contributed by atoms with Crippen LogP contribution in [0.15, 0.2) is 65.6 Å². The summed E-state index contributed by atoms with van der Waals surface area (Å²) in [6.45, 7) is 0. The monoisotopic (exact) mass is 198 g/mol. The van der Waals surface area contributed by atoms with Crippen LogP contribution in [0.1, 0.15) is 0 Å². The molecule has 0 radical (unpaired) electrons. The van der Waals surface area contributed by atoms with E-state index in [2.05, 4.69) is 10.1 Å². The summed E-state index contributed by atoms with van der Waals surface area (Å²) in [6.07, 6.45) is 5.13. The minimum absolute atomic E-state index is 0.914. The molecule has 2 heterocycles. The van der Waals surface area contributed by atoms with Gasteiger partial charge in [0.25, 0.3) is 0 Å². The molecule has 0 bridgehead atoms. The molecule has 3 nitrogen and oxygen atoms in total. The fourth-order valence-electron chi connectivity index (χ4n) is 1.12. The van der Waals surface area contributed by atoms with E-state index in [-0.39, 0.29) is 0 Å². The first-order valence-electron chi connectivity index (χ1n) is 4.61. The maximum atomic E-state index is 4.71. The highest BCUT2D eigenvalue weighted by Crippen LogP contribution is 2.09. The molecule has 0 amide bonds. The summed E-state index contributed by atoms with van der Waals surface area (Å²) >= 11 is 0. The molecule has 1 aromatic carbocycles. The van der Waals surface area contributed by atoms with Gasteiger partial charge in [0.15, 0.2) is 0 Å². The van der Waals surface area contributed by atoms with Gasteiger partial charge in [0, 0.05) is 17.8 Å². The number of aromatic nitrogens is 2. The predicted molar refractivity (Wildman–Crippen MR) is 58.2 cm³/mol. The molecule has 0 aliphatic heterocycles. The maximum Gasteiger partial charge on any atom is 0.131 e. The van der Waals surface area contributed by atoms with Crippen molar-refractivity contribution in [1.29, 1.82) is 0 Å². The van der Waals surface area contributed by atoms with Crippen LogP contribution >= 0.6 is 0 Å². The van der Waals surface area contributed by atoms with Crippen molar-refractivity contribution in [1.82, 2.24) is 10.1 Å². The molecule has 74 valence electrons. The van der Waals surface area contributed by atoms with E-state index in [0.717, 1.165) is 10.9 Å². The van der Waals surface area contributed by atoms with Crippen LogP contribution in [0.25, 0.3) is 10.9 Å². The summed E-state index contributed by atoms with van der Waals surface area (Å²) in [6, 6.07) is 13.5. The van der Waals surface area contributed by atoms with Crippen LogP contribution in [-0.2, 0) is 0 Å². The first kappa shape index (κ1) is 9.40. The molecular formula is C12H10N2O. The molecule has 15 heavy (non-hydrogen) atoms. The van der Waals surface area contributed by atoms with Gasteiger partial charge < -0.3 is 4.52 Å². The second-order valence-electron chi connectivity index (χ2n) is 2.90. The van der Waals surface area contributed by atoms with E-state index >= 15 is 0 Å². The largest absolute Gasteiger partial charge is 0.364 e. The third kappa shape index (κ3) is 2.64. The van der Waals surface area contributed by atoms with E-state index in [1.54, 1.807) is 18.7 Å². The van der Waals surface area contributed by atoms with E-state index in [1.807, 2.05) is 42.5 Å². The summed E-state index contributed by atoms with van der Waals surface area (Å²) in [4.78, 5) is 3.78. The van der Waals surface area contributed by atoms with Gasteiger partial charge in [-0.1, -0.05) is 23.4 Å². The number of fused-ring (bicyclic) bond motifs is 1. The third-order valence-electron chi connectivity index (χ3n) is 1.83. The van der Waals surface area contributed by atoms with Crippen molar-refractivity contribution in [3.8, 4) is 0 Å². The van der Waals surface area contributed by atoms with E-state index in [4.69, 9.17) is 4.52 Å². The average Bonchev–Trinajstić information content (AvgIpc) is 2.80. The zero-order valence-electron chi connectivity index (χ0n) is 8.08. The molecule has 3 rings (SSSR count). The standard InChI is InChI=1S/C7H5NO.C5H5N/c1-2-4-7-6(3-1)5-9-8-7;1-2-4-6-5-3-1/h1-5H;1-5H. The van der Waals surface area contributed by atoms with Crippen molar-refractivity contribution in [3.63, 3.8) is 0 Å². The normalized spacial score (nSPS) is 9.33. The Kier molecular flexibility index (Phi) is 3.07. The lowest BCUT2D eigenvalue weighted by Crippen LogP contribution is -1.61. The zero-order chi connectivity index (χ0) is 10.3. The summed E-state index contributed by atoms with van der Waals surface area (Å²) in [5.74, 6) is 0. The molecule has 3 aromatic rings. The molecule has 0 unspecified atom stereocenters. The van der Waals surface area contributed by atoms with Crippen molar-refractivity contribution < 1.29 is 4.52 Å². The van der Waals surface area contributed by atoms with Crippen molar-refractivity contribution >= 4 is 10.9 Å². The molecule has 0 saturated carbocycles. The maximum absolute atomic E-state index is 4.71. The third-order valence-corrected chi connectivity index (χ3v) is 1.83. The van der Waals surface area contributed by atoms with Crippen LogP contribution in [0.2, 0.25) is 0 Å². The second kappa shape index (κ2) is 4.91. The van der Waals surface area contributed by atoms with Crippen molar-refractivity contribution in [3.05, 3.63) is 61.1 Å². The fourth-order valence-corrected chi connectivity index (χ4v) is 1.12. The van der Waals surface area contributed by atoms with Gasteiger partial charge in [0.1, 0.15) is 11.8 Å². The van der Waals surface area contributed by atoms with Crippen LogP contribution in [0.4, 0.5) is 0 Å². The van der Waals surface area contributed by atoms with Crippen LogP contribution in [0.3, 0.4) is 0 Å². The molecule has 0 spiro atoms. The number of pyridine rings is 1. The van der Waals surface area contributed by atoms with Crippen molar-refractivity contribution in [2.45, 2.75) is 0 Å². The highest BCUT2D eigenvalue weighted by atomic mass is 16.5. The SMILES string of the molecule is c1ccc2nocc2c1.c1ccncc1. The van der Waals surface area contributed by atoms with Gasteiger partial charge in [-0.25, -0.2) is 0 Å². The Morgan fingerprint density at radius 1 is 0.867 bits per heavy atom. The number of nitrogens with zero attached hydrogens (tertiary/aromatic N) is 2. The van der Waals surface area contributed by atoms with Gasteiger partial charge in [-0.15, -0.1) is 0 Å². The van der Waals surface area contributed by atoms with Crippen LogP contribution < -0.4 is 0 Å². The lowest BCUT2D eigenvalue weighted by Gasteiger charge is -1.78. The van der Waals surface area contributed by atoms with Crippen LogP contribution in [-0.4, -0.2) is 10.1 Å². The van der Waals surface area contributed by atoms with E-state index < -0.39 is 0 Å². The molecule has 0 fully saturated rings. The van der Waals surface area contributed by atoms with Gasteiger partial charge in [-0.2, -0.15) is 0 Å². The first-order valence-corrected chi connectivity index (χ1v) is 4.61. The number of benzene rings is 1. The van der Waals surface area contributed by atoms with Crippen LogP contribution in [0.5, 0.6) is 0 Å². The topological polar surface area (TPSA) is 38.9 Å². The number of rotatable bonds is 0. The second-order valence-corrected chi connectivity index (χ2v) is 2.90. The summed E-state index contributed by atoms with van der Waals surface area (Å²) in [7, 11) is 0. The number of hydrogen-bond donors (Lipinski definition) is 0. The van der Waals surface area contributed by atoms with Gasteiger partial charge in [-0.05, 0) is 24.3 Å². The Morgan fingerprint density at radius 2 is 1.67 bits per heavy atom. The zero-order valence-corrected chi connectivity index (χ0v) is 8.08. The highest BCUT2D eigenvalue weighted by molar-refractivity contribution is 5.76. The molecule has 0 saturated heterocycles.